The Balaban J connectivity index is 1.82. The highest BCUT2D eigenvalue weighted by Crippen LogP contribution is 2.28. The van der Waals surface area contributed by atoms with E-state index in [0.717, 1.165) is 25.1 Å². The van der Waals surface area contributed by atoms with Gasteiger partial charge in [0, 0.05) is 12.7 Å². The highest BCUT2D eigenvalue weighted by molar-refractivity contribution is 5.68. The molecule has 1 aromatic carbocycles. The van der Waals surface area contributed by atoms with Crippen LogP contribution < -0.4 is 5.32 Å². The zero-order valence-corrected chi connectivity index (χ0v) is 13.3. The van der Waals surface area contributed by atoms with Gasteiger partial charge in [-0.05, 0) is 32.6 Å². The molecule has 2 heterocycles. The number of rotatable bonds is 6. The standard InChI is InChI=1S/C16H20N6O/c1-21(2)10-6-9-17-15-19-16-18-11-13(14(23)22(16)20-15)12-7-4-3-5-8-12/h3-5,7-8,11,23H,6,9-10H2,1-2H3,(H,17,20). The molecule has 2 N–H and O–H groups in total. The molecule has 0 atom stereocenters. The maximum absolute atomic E-state index is 10.4. The molecule has 0 aliphatic heterocycles. The molecule has 0 spiro atoms. The van der Waals surface area contributed by atoms with Crippen LogP contribution in [0.3, 0.4) is 0 Å². The molecule has 0 saturated carbocycles. The van der Waals surface area contributed by atoms with Crippen LogP contribution in [0.5, 0.6) is 5.88 Å². The molecular weight excluding hydrogens is 292 g/mol. The van der Waals surface area contributed by atoms with Gasteiger partial charge in [0.25, 0.3) is 5.78 Å². The summed E-state index contributed by atoms with van der Waals surface area (Å²) < 4.78 is 1.36. The molecule has 0 fully saturated rings. The van der Waals surface area contributed by atoms with E-state index in [-0.39, 0.29) is 5.88 Å². The summed E-state index contributed by atoms with van der Waals surface area (Å²) in [6, 6.07) is 9.59. The second kappa shape index (κ2) is 6.62. The Kier molecular flexibility index (Phi) is 4.38. The molecule has 7 heteroatoms. The number of nitrogens with one attached hydrogen (secondary N) is 1. The molecule has 0 radical (unpaired) electrons. The zero-order valence-electron chi connectivity index (χ0n) is 13.3. The van der Waals surface area contributed by atoms with Gasteiger partial charge in [-0.25, -0.2) is 4.98 Å². The molecule has 0 aliphatic rings. The van der Waals surface area contributed by atoms with Crippen molar-refractivity contribution in [3.8, 4) is 17.0 Å². The van der Waals surface area contributed by atoms with Gasteiger partial charge in [-0.15, -0.1) is 5.10 Å². The van der Waals surface area contributed by atoms with Crippen molar-refractivity contribution < 1.29 is 5.11 Å². The lowest BCUT2D eigenvalue weighted by atomic mass is 10.1. The Morgan fingerprint density at radius 1 is 1.22 bits per heavy atom. The van der Waals surface area contributed by atoms with E-state index in [4.69, 9.17) is 0 Å². The fourth-order valence-electron chi connectivity index (χ4n) is 2.32. The molecular formula is C16H20N6O. The highest BCUT2D eigenvalue weighted by Gasteiger charge is 2.13. The normalized spacial score (nSPS) is 11.3. The lowest BCUT2D eigenvalue weighted by Gasteiger charge is -2.08. The molecule has 120 valence electrons. The van der Waals surface area contributed by atoms with E-state index in [9.17, 15) is 5.11 Å². The van der Waals surface area contributed by atoms with Gasteiger partial charge in [-0.2, -0.15) is 9.50 Å². The number of hydrogen-bond donors (Lipinski definition) is 2. The average molecular weight is 312 g/mol. The second-order valence-corrected chi connectivity index (χ2v) is 5.59. The summed E-state index contributed by atoms with van der Waals surface area (Å²) in [7, 11) is 4.08. The number of fused-ring (bicyclic) bond motifs is 1. The van der Waals surface area contributed by atoms with E-state index in [1.165, 1.54) is 4.52 Å². The molecule has 0 amide bonds. The van der Waals surface area contributed by atoms with Crippen LogP contribution in [0.15, 0.2) is 36.5 Å². The summed E-state index contributed by atoms with van der Waals surface area (Å²) >= 11 is 0. The molecule has 2 aromatic heterocycles. The Labute approximate surface area is 134 Å². The van der Waals surface area contributed by atoms with E-state index in [0.29, 0.717) is 17.3 Å². The fourth-order valence-corrected chi connectivity index (χ4v) is 2.32. The van der Waals surface area contributed by atoms with E-state index >= 15 is 0 Å². The Morgan fingerprint density at radius 3 is 2.74 bits per heavy atom. The van der Waals surface area contributed by atoms with Crippen molar-refractivity contribution in [3.63, 3.8) is 0 Å². The first-order valence-electron chi connectivity index (χ1n) is 7.54. The molecule has 0 aliphatic carbocycles. The number of nitrogens with zero attached hydrogens (tertiary/aromatic N) is 5. The number of anilines is 1. The smallest absolute Gasteiger partial charge is 0.257 e. The SMILES string of the molecule is CN(C)CCCNc1nc2ncc(-c3ccccc3)c(O)n2n1. The van der Waals surface area contributed by atoms with Crippen LogP contribution in [-0.2, 0) is 0 Å². The van der Waals surface area contributed by atoms with Crippen molar-refractivity contribution >= 4 is 11.7 Å². The zero-order chi connectivity index (χ0) is 16.2. The first-order valence-corrected chi connectivity index (χ1v) is 7.54. The lowest BCUT2D eigenvalue weighted by Crippen LogP contribution is -2.16. The minimum absolute atomic E-state index is 0.0371. The largest absolute Gasteiger partial charge is 0.493 e. The van der Waals surface area contributed by atoms with Crippen molar-refractivity contribution in [2.45, 2.75) is 6.42 Å². The first-order chi connectivity index (χ1) is 11.1. The third-order valence-electron chi connectivity index (χ3n) is 3.49. The Hall–Kier alpha value is -2.67. The van der Waals surface area contributed by atoms with Crippen LogP contribution in [0.2, 0.25) is 0 Å². The predicted octanol–water partition coefficient (Wildman–Crippen LogP) is 1.86. The summed E-state index contributed by atoms with van der Waals surface area (Å²) in [6.07, 6.45) is 2.60. The monoisotopic (exact) mass is 312 g/mol. The summed E-state index contributed by atoms with van der Waals surface area (Å²) in [4.78, 5) is 10.7. The van der Waals surface area contributed by atoms with Crippen molar-refractivity contribution in [3.05, 3.63) is 36.5 Å². The van der Waals surface area contributed by atoms with E-state index in [2.05, 4.69) is 25.3 Å². The Morgan fingerprint density at radius 2 is 2.00 bits per heavy atom. The molecule has 3 rings (SSSR count). The van der Waals surface area contributed by atoms with E-state index in [1.807, 2.05) is 44.4 Å². The van der Waals surface area contributed by atoms with Gasteiger partial charge >= 0.3 is 0 Å². The molecule has 3 aromatic rings. The number of aromatic nitrogens is 4. The van der Waals surface area contributed by atoms with Gasteiger partial charge < -0.3 is 15.3 Å². The summed E-state index contributed by atoms with van der Waals surface area (Å²) in [6.45, 7) is 1.75. The maximum atomic E-state index is 10.4. The quantitative estimate of drug-likeness (QED) is 0.677. The summed E-state index contributed by atoms with van der Waals surface area (Å²) in [5, 5.41) is 17.9. The van der Waals surface area contributed by atoms with Gasteiger partial charge in [0.05, 0.1) is 5.56 Å². The topological polar surface area (TPSA) is 78.6 Å². The van der Waals surface area contributed by atoms with Crippen molar-refractivity contribution in [2.24, 2.45) is 0 Å². The van der Waals surface area contributed by atoms with Crippen LogP contribution in [0, 0.1) is 0 Å². The summed E-state index contributed by atoms with van der Waals surface area (Å²) in [5.41, 5.74) is 1.51. The van der Waals surface area contributed by atoms with Gasteiger partial charge in [0.1, 0.15) is 0 Å². The van der Waals surface area contributed by atoms with Crippen molar-refractivity contribution in [1.82, 2.24) is 24.5 Å². The predicted molar refractivity (Wildman–Crippen MR) is 89.5 cm³/mol. The van der Waals surface area contributed by atoms with E-state index in [1.54, 1.807) is 6.20 Å². The fraction of sp³-hybridized carbons (Fsp3) is 0.312. The van der Waals surface area contributed by atoms with Crippen LogP contribution in [-0.4, -0.2) is 56.8 Å². The molecule has 0 saturated heterocycles. The average Bonchev–Trinajstić information content (AvgIpc) is 2.97. The van der Waals surface area contributed by atoms with Gasteiger partial charge in [0.2, 0.25) is 11.8 Å². The molecule has 0 unspecified atom stereocenters. The van der Waals surface area contributed by atoms with E-state index < -0.39 is 0 Å². The van der Waals surface area contributed by atoms with Gasteiger partial charge in [-0.1, -0.05) is 30.3 Å². The van der Waals surface area contributed by atoms with Crippen molar-refractivity contribution in [2.75, 3.05) is 32.5 Å². The molecule has 23 heavy (non-hydrogen) atoms. The number of hydrogen-bond acceptors (Lipinski definition) is 6. The van der Waals surface area contributed by atoms with Gasteiger partial charge in [-0.3, -0.25) is 0 Å². The minimum Gasteiger partial charge on any atom is -0.493 e. The third kappa shape index (κ3) is 3.40. The van der Waals surface area contributed by atoms with Crippen LogP contribution in [0.25, 0.3) is 16.9 Å². The first kappa shape index (κ1) is 15.2. The second-order valence-electron chi connectivity index (χ2n) is 5.59. The third-order valence-corrected chi connectivity index (χ3v) is 3.49. The molecule has 7 nitrogen and oxygen atoms in total. The van der Waals surface area contributed by atoms with Crippen molar-refractivity contribution in [1.29, 1.82) is 0 Å². The minimum atomic E-state index is 0.0371. The Bertz CT molecular complexity index is 784. The highest BCUT2D eigenvalue weighted by atomic mass is 16.3. The van der Waals surface area contributed by atoms with Crippen LogP contribution in [0.4, 0.5) is 5.95 Å². The van der Waals surface area contributed by atoms with Crippen LogP contribution in [0.1, 0.15) is 6.42 Å². The molecule has 0 bridgehead atoms. The van der Waals surface area contributed by atoms with Gasteiger partial charge in [0.15, 0.2) is 0 Å². The number of benzene rings is 1. The summed E-state index contributed by atoms with van der Waals surface area (Å²) in [5.74, 6) is 0.879. The van der Waals surface area contributed by atoms with Crippen LogP contribution >= 0.6 is 0 Å². The number of aromatic hydroxyl groups is 1. The lowest BCUT2D eigenvalue weighted by molar-refractivity contribution is 0.405. The maximum Gasteiger partial charge on any atom is 0.257 e.